The maximum atomic E-state index is 13.1. The summed E-state index contributed by atoms with van der Waals surface area (Å²) in [5, 5.41) is 10.6. The van der Waals surface area contributed by atoms with Gasteiger partial charge in [0.2, 0.25) is 0 Å². The largest absolute Gasteiger partial charge is 0.472 e. The molecule has 5 atom stereocenters. The van der Waals surface area contributed by atoms with Crippen LogP contribution in [0.25, 0.3) is 0 Å². The van der Waals surface area contributed by atoms with Crippen molar-refractivity contribution in [2.24, 2.45) is 0 Å². The highest BCUT2D eigenvalue weighted by atomic mass is 31.2. The lowest BCUT2D eigenvalue weighted by atomic mass is 10.0. The third-order valence-electron chi connectivity index (χ3n) is 15.7. The van der Waals surface area contributed by atoms with Crippen LogP contribution in [-0.4, -0.2) is 96.7 Å². The summed E-state index contributed by atoms with van der Waals surface area (Å²) in [7, 11) is -10.0. The summed E-state index contributed by atoms with van der Waals surface area (Å²) in [6.45, 7) is 4.32. The van der Waals surface area contributed by atoms with Crippen LogP contribution in [0.4, 0.5) is 0 Å². The Bertz CT molecular complexity index is 2640. The molecule has 3 N–H and O–H groups in total. The first-order chi connectivity index (χ1) is 50.7. The summed E-state index contributed by atoms with van der Waals surface area (Å²) in [6.07, 6.45) is 89.5. The lowest BCUT2D eigenvalue weighted by molar-refractivity contribution is -0.161. The molecule has 0 aromatic rings. The van der Waals surface area contributed by atoms with Crippen LogP contribution in [-0.2, 0) is 65.4 Å². The summed E-state index contributed by atoms with van der Waals surface area (Å²) in [6, 6.07) is 0. The van der Waals surface area contributed by atoms with E-state index in [1.165, 1.54) is 51.4 Å². The molecule has 19 heteroatoms. The second-order valence-corrected chi connectivity index (χ2v) is 28.4. The van der Waals surface area contributed by atoms with Crippen molar-refractivity contribution in [2.75, 3.05) is 39.6 Å². The molecule has 5 unspecified atom stereocenters. The van der Waals surface area contributed by atoms with Crippen LogP contribution in [0.5, 0.6) is 0 Å². The van der Waals surface area contributed by atoms with E-state index < -0.39 is 97.5 Å². The van der Waals surface area contributed by atoms with Gasteiger partial charge < -0.3 is 33.8 Å². The molecule has 0 aliphatic rings. The molecule has 0 amide bonds. The highest BCUT2D eigenvalue weighted by Crippen LogP contribution is 2.45. The van der Waals surface area contributed by atoms with Gasteiger partial charge in [-0.2, -0.15) is 0 Å². The molecule has 104 heavy (non-hydrogen) atoms. The van der Waals surface area contributed by atoms with Gasteiger partial charge in [0.05, 0.1) is 32.8 Å². The highest BCUT2D eigenvalue weighted by Gasteiger charge is 2.30. The van der Waals surface area contributed by atoms with E-state index in [1.807, 2.05) is 24.3 Å². The first-order valence-electron chi connectivity index (χ1n) is 39.4. The average Bonchev–Trinajstić information content (AvgIpc) is 0.918. The number of rotatable bonds is 72. The zero-order valence-corrected chi connectivity index (χ0v) is 66.2. The molecule has 0 saturated heterocycles. The Hall–Kier alpha value is -5.58. The van der Waals surface area contributed by atoms with E-state index in [2.05, 4.69) is 161 Å². The minimum atomic E-state index is -5.01. The third-order valence-corrected chi connectivity index (χ3v) is 17.6. The van der Waals surface area contributed by atoms with Crippen LogP contribution < -0.4 is 0 Å². The Morgan fingerprint density at radius 1 is 0.288 bits per heavy atom. The lowest BCUT2D eigenvalue weighted by Gasteiger charge is -2.21. The van der Waals surface area contributed by atoms with Crippen molar-refractivity contribution >= 4 is 39.5 Å². The fraction of sp³-hybridized carbons (Fsp3) is 0.624. The number of hydrogen-bond donors (Lipinski definition) is 3. The van der Waals surface area contributed by atoms with Crippen LogP contribution in [0, 0.1) is 0 Å². The Labute approximate surface area is 629 Å². The van der Waals surface area contributed by atoms with Gasteiger partial charge in [-0.05, 0) is 128 Å². The van der Waals surface area contributed by atoms with Gasteiger partial charge in [0.25, 0.3) is 0 Å². The minimum absolute atomic E-state index is 0.0775. The standard InChI is InChI=1S/C85H138O17P2/c1-5-9-13-17-21-25-29-33-36-38-39-41-44-47-50-54-58-62-66-70-83(88)96-76-81(102-85(90)72-68-64-60-56-52-48-42-35-31-27-23-19-15-11-7-3)78-100-104(93,94)98-74-79(86)73-97-103(91,92)99-77-80(101-84(89)71-67-63-59-55-51-45-32-28-24-20-16-12-8-4)75-95-82(87)69-65-61-57-53-49-46-43-40-37-34-30-26-22-18-14-10-6-2/h9-11,13-15,21-23,25-27,33-37,39,41-43,46,52-53,56-57,64,68,79-81,86H,5-8,12,16-20,24,28-32,38,40,44-45,47-51,54-55,58-63,65-67,69-78H2,1-4H3,(H,91,92)(H,93,94)/b13-9-,14-10-,15-11-,25-21-,26-22-,27-23-,36-33-,37-34-,41-39-,42-35-,46-43-,56-52-,57-53-,68-64-. The first kappa shape index (κ1) is 98.4. The molecule has 0 fully saturated rings. The zero-order chi connectivity index (χ0) is 76.0. The predicted octanol–water partition coefficient (Wildman–Crippen LogP) is 23.0. The number of carbonyl (C=O) groups is 4. The van der Waals surface area contributed by atoms with Crippen molar-refractivity contribution in [3.63, 3.8) is 0 Å². The second kappa shape index (κ2) is 75.6. The average molecular weight is 1490 g/mol. The molecular weight excluding hydrogens is 1350 g/mol. The summed E-state index contributed by atoms with van der Waals surface area (Å²) >= 11 is 0. The summed E-state index contributed by atoms with van der Waals surface area (Å²) < 4.78 is 68.4. The number of esters is 4. The maximum Gasteiger partial charge on any atom is 0.472 e. The quantitative estimate of drug-likeness (QED) is 0.0169. The Kier molecular flexibility index (Phi) is 71.6. The number of aliphatic hydroxyl groups is 1. The molecule has 0 aliphatic heterocycles. The molecule has 0 rings (SSSR count). The van der Waals surface area contributed by atoms with Gasteiger partial charge in [0.1, 0.15) is 19.3 Å². The van der Waals surface area contributed by atoms with Gasteiger partial charge in [0.15, 0.2) is 12.2 Å². The van der Waals surface area contributed by atoms with Crippen LogP contribution >= 0.6 is 15.6 Å². The van der Waals surface area contributed by atoms with Crippen LogP contribution in [0.1, 0.15) is 285 Å². The summed E-state index contributed by atoms with van der Waals surface area (Å²) in [5.41, 5.74) is 0. The van der Waals surface area contributed by atoms with Crippen LogP contribution in [0.2, 0.25) is 0 Å². The van der Waals surface area contributed by atoms with E-state index in [4.69, 9.17) is 37.0 Å². The van der Waals surface area contributed by atoms with E-state index in [0.29, 0.717) is 32.1 Å². The molecule has 590 valence electrons. The Morgan fingerprint density at radius 3 is 0.894 bits per heavy atom. The molecule has 17 nitrogen and oxygen atoms in total. The third kappa shape index (κ3) is 74.7. The van der Waals surface area contributed by atoms with Crippen LogP contribution in [0.15, 0.2) is 170 Å². The number of unbranched alkanes of at least 4 members (excludes halogenated alkanes) is 19. The summed E-state index contributed by atoms with van der Waals surface area (Å²) in [4.78, 5) is 72.9. The van der Waals surface area contributed by atoms with Gasteiger partial charge in [-0.25, -0.2) is 9.13 Å². The van der Waals surface area contributed by atoms with Crippen molar-refractivity contribution in [1.29, 1.82) is 0 Å². The second-order valence-electron chi connectivity index (χ2n) is 25.5. The van der Waals surface area contributed by atoms with Crippen molar-refractivity contribution in [3.05, 3.63) is 170 Å². The molecule has 0 heterocycles. The number of allylic oxidation sites excluding steroid dienone is 27. The van der Waals surface area contributed by atoms with Gasteiger partial charge in [-0.15, -0.1) is 0 Å². The molecule has 0 aromatic heterocycles. The van der Waals surface area contributed by atoms with Crippen molar-refractivity contribution in [3.8, 4) is 0 Å². The zero-order valence-electron chi connectivity index (χ0n) is 64.4. The fourth-order valence-corrected chi connectivity index (χ4v) is 11.4. The highest BCUT2D eigenvalue weighted by molar-refractivity contribution is 7.47. The number of aliphatic hydroxyl groups excluding tert-OH is 1. The van der Waals surface area contributed by atoms with E-state index >= 15 is 0 Å². The first-order valence-corrected chi connectivity index (χ1v) is 42.4. The van der Waals surface area contributed by atoms with E-state index in [9.17, 15) is 43.2 Å². The number of phosphoric ester groups is 2. The van der Waals surface area contributed by atoms with E-state index in [-0.39, 0.29) is 25.7 Å². The Morgan fingerprint density at radius 2 is 0.548 bits per heavy atom. The van der Waals surface area contributed by atoms with Crippen LogP contribution in [0.3, 0.4) is 0 Å². The fourth-order valence-electron chi connectivity index (χ4n) is 9.85. The summed E-state index contributed by atoms with van der Waals surface area (Å²) in [5.74, 6) is -2.42. The molecule has 0 bridgehead atoms. The molecule has 0 spiro atoms. The van der Waals surface area contributed by atoms with Gasteiger partial charge >= 0.3 is 39.5 Å². The SMILES string of the molecule is CC/C=C\C/C=C\C/C=C\C/C=C\C/C=C\CCCC(=O)OCC(COP(=O)(O)OCC(O)COP(=O)(O)OCC(COC(=O)CCCCCCCC/C=C\C/C=C\C/C=C\C/C=C\CC)OC(=O)C/C=C\C/C=C\C/C=C\C/C=C\C/C=C\CC)OC(=O)CCCCCCCCCCCCCCC. The maximum absolute atomic E-state index is 13.1. The molecule has 0 aromatic carbocycles. The number of hydrogen-bond acceptors (Lipinski definition) is 15. The van der Waals surface area contributed by atoms with Crippen molar-refractivity contribution in [1.82, 2.24) is 0 Å². The topological polar surface area (TPSA) is 237 Å². The Balaban J connectivity index is 5.48. The normalized spacial score (nSPS) is 14.8. The molecule has 0 aliphatic carbocycles. The van der Waals surface area contributed by atoms with Crippen molar-refractivity contribution < 1.29 is 80.2 Å². The number of carbonyl (C=O) groups excluding carboxylic acids is 4. The van der Waals surface area contributed by atoms with Crippen molar-refractivity contribution in [2.45, 2.75) is 303 Å². The van der Waals surface area contributed by atoms with Gasteiger partial charge in [-0.1, -0.05) is 301 Å². The van der Waals surface area contributed by atoms with E-state index in [0.717, 1.165) is 148 Å². The molecular formula is C85H138O17P2. The number of ether oxygens (including phenoxy) is 4. The minimum Gasteiger partial charge on any atom is -0.462 e. The molecule has 0 saturated carbocycles. The number of phosphoric acid groups is 2. The van der Waals surface area contributed by atoms with Gasteiger partial charge in [-0.3, -0.25) is 37.3 Å². The monoisotopic (exact) mass is 1490 g/mol. The smallest absolute Gasteiger partial charge is 0.462 e. The molecule has 0 radical (unpaired) electrons. The predicted molar refractivity (Wildman–Crippen MR) is 426 cm³/mol. The van der Waals surface area contributed by atoms with E-state index in [1.54, 1.807) is 12.2 Å². The van der Waals surface area contributed by atoms with Gasteiger partial charge in [0, 0.05) is 19.3 Å². The lowest BCUT2D eigenvalue weighted by Crippen LogP contribution is -2.30.